The van der Waals surface area contributed by atoms with E-state index in [1.165, 1.54) is 0 Å². The molecule has 2 aromatic heterocycles. The summed E-state index contributed by atoms with van der Waals surface area (Å²) >= 11 is 0. The molecule has 4 aromatic rings. The Morgan fingerprint density at radius 1 is 1.04 bits per heavy atom. The minimum atomic E-state index is 0.463. The van der Waals surface area contributed by atoms with Crippen molar-refractivity contribution >= 4 is 22.7 Å². The predicted molar refractivity (Wildman–Crippen MR) is 93.6 cm³/mol. The van der Waals surface area contributed by atoms with Gasteiger partial charge in [0.1, 0.15) is 11.9 Å². The number of imidazole rings is 1. The number of hydrogen-bond donors (Lipinski definition) is 2. The van der Waals surface area contributed by atoms with Crippen LogP contribution in [-0.2, 0) is 0 Å². The third kappa shape index (κ3) is 2.46. The number of rotatable bonds is 3. The Hall–Kier alpha value is -3.65. The minimum absolute atomic E-state index is 0.463. The largest absolute Gasteiger partial charge is 0.337 e. The van der Waals surface area contributed by atoms with E-state index < -0.39 is 0 Å². The third-order valence-corrected chi connectivity index (χ3v) is 3.80. The molecule has 2 aromatic carbocycles. The molecular formula is C19H13N5. The van der Waals surface area contributed by atoms with Crippen molar-refractivity contribution < 1.29 is 0 Å². The number of allylic oxidation sites excluding steroid dienone is 1. The van der Waals surface area contributed by atoms with Crippen LogP contribution in [0.15, 0.2) is 60.8 Å². The average molecular weight is 311 g/mol. The first-order valence-electron chi connectivity index (χ1n) is 7.51. The van der Waals surface area contributed by atoms with Gasteiger partial charge < -0.3 is 4.98 Å². The highest BCUT2D eigenvalue weighted by Crippen LogP contribution is 2.25. The Balaban J connectivity index is 1.79. The molecule has 0 aliphatic carbocycles. The van der Waals surface area contributed by atoms with Gasteiger partial charge in [-0.2, -0.15) is 10.4 Å². The van der Waals surface area contributed by atoms with Gasteiger partial charge in [0.15, 0.2) is 0 Å². The lowest BCUT2D eigenvalue weighted by molar-refractivity contribution is 1.10. The van der Waals surface area contributed by atoms with Crippen LogP contribution in [0.3, 0.4) is 0 Å². The molecule has 0 bridgehead atoms. The fourth-order valence-corrected chi connectivity index (χ4v) is 2.63. The summed E-state index contributed by atoms with van der Waals surface area (Å²) in [5, 5.41) is 16.7. The summed E-state index contributed by atoms with van der Waals surface area (Å²) in [6, 6.07) is 19.8. The van der Waals surface area contributed by atoms with Crippen LogP contribution in [0, 0.1) is 11.3 Å². The molecule has 0 saturated heterocycles. The van der Waals surface area contributed by atoms with Crippen LogP contribution in [0.5, 0.6) is 0 Å². The van der Waals surface area contributed by atoms with E-state index >= 15 is 0 Å². The number of H-pyrrole nitrogens is 2. The van der Waals surface area contributed by atoms with Crippen molar-refractivity contribution in [1.82, 2.24) is 20.2 Å². The molecule has 0 aliphatic heterocycles. The Morgan fingerprint density at radius 2 is 1.83 bits per heavy atom. The first-order chi connectivity index (χ1) is 11.8. The van der Waals surface area contributed by atoms with Crippen molar-refractivity contribution in [3.63, 3.8) is 0 Å². The maximum atomic E-state index is 9.56. The van der Waals surface area contributed by atoms with Gasteiger partial charge in [0.25, 0.3) is 0 Å². The molecule has 0 unspecified atom stereocenters. The fraction of sp³-hybridized carbons (Fsp3) is 0. The molecule has 0 spiro atoms. The predicted octanol–water partition coefficient (Wildman–Crippen LogP) is 4.02. The topological polar surface area (TPSA) is 81.2 Å². The number of nitrogens with zero attached hydrogens (tertiary/aromatic N) is 3. The smallest absolute Gasteiger partial charge is 0.149 e. The van der Waals surface area contributed by atoms with E-state index in [2.05, 4.69) is 26.2 Å². The second-order valence-electron chi connectivity index (χ2n) is 5.34. The normalized spacial score (nSPS) is 11.5. The van der Waals surface area contributed by atoms with Crippen molar-refractivity contribution in [3.05, 3.63) is 72.2 Å². The SMILES string of the molecule is N#C/C(=C/c1cn[nH]c1-c1ccccc1)c1nc2ccccc2[nH]1. The van der Waals surface area contributed by atoms with E-state index in [9.17, 15) is 5.26 Å². The van der Waals surface area contributed by atoms with Crippen LogP contribution >= 0.6 is 0 Å². The Bertz CT molecular complexity index is 1030. The zero-order valence-corrected chi connectivity index (χ0v) is 12.7. The quantitative estimate of drug-likeness (QED) is 0.561. The van der Waals surface area contributed by atoms with Crippen LogP contribution in [-0.4, -0.2) is 20.2 Å². The maximum absolute atomic E-state index is 9.56. The molecule has 5 nitrogen and oxygen atoms in total. The number of nitrogens with one attached hydrogen (secondary N) is 2. The number of aromatic nitrogens is 4. The van der Waals surface area contributed by atoms with E-state index in [0.717, 1.165) is 27.9 Å². The standard InChI is InChI=1S/C19H13N5/c20-11-14(19-22-16-8-4-5-9-17(16)23-19)10-15-12-21-24-18(15)13-6-2-1-3-7-13/h1-10,12H,(H,21,24)(H,22,23)/b14-10-. The minimum Gasteiger partial charge on any atom is -0.337 e. The molecule has 2 N–H and O–H groups in total. The molecular weight excluding hydrogens is 298 g/mol. The molecule has 24 heavy (non-hydrogen) atoms. The highest BCUT2D eigenvalue weighted by Gasteiger charge is 2.11. The molecule has 0 amide bonds. The Morgan fingerprint density at radius 3 is 2.62 bits per heavy atom. The lowest BCUT2D eigenvalue weighted by Crippen LogP contribution is -1.86. The average Bonchev–Trinajstić information content (AvgIpc) is 3.26. The van der Waals surface area contributed by atoms with E-state index in [1.807, 2.05) is 54.6 Å². The molecule has 2 heterocycles. The third-order valence-electron chi connectivity index (χ3n) is 3.80. The van der Waals surface area contributed by atoms with Crippen molar-refractivity contribution in [1.29, 1.82) is 5.26 Å². The lowest BCUT2D eigenvalue weighted by Gasteiger charge is -2.00. The van der Waals surface area contributed by atoms with Gasteiger partial charge in [0, 0.05) is 11.1 Å². The molecule has 4 rings (SSSR count). The maximum Gasteiger partial charge on any atom is 0.149 e. The van der Waals surface area contributed by atoms with Crippen molar-refractivity contribution in [3.8, 4) is 17.3 Å². The second kappa shape index (κ2) is 5.86. The van der Waals surface area contributed by atoms with Crippen LogP contribution < -0.4 is 0 Å². The summed E-state index contributed by atoms with van der Waals surface area (Å²) in [5.74, 6) is 0.555. The Labute approximate surface area is 138 Å². The van der Waals surface area contributed by atoms with Gasteiger partial charge in [-0.05, 0) is 18.2 Å². The fourth-order valence-electron chi connectivity index (χ4n) is 2.63. The Kier molecular flexibility index (Phi) is 3.41. The summed E-state index contributed by atoms with van der Waals surface area (Å²) < 4.78 is 0. The zero-order chi connectivity index (χ0) is 16.4. The van der Waals surface area contributed by atoms with E-state index in [4.69, 9.17) is 0 Å². The first-order valence-corrected chi connectivity index (χ1v) is 7.51. The summed E-state index contributed by atoms with van der Waals surface area (Å²) in [7, 11) is 0. The summed E-state index contributed by atoms with van der Waals surface area (Å²) in [6.45, 7) is 0. The zero-order valence-electron chi connectivity index (χ0n) is 12.7. The number of hydrogen-bond acceptors (Lipinski definition) is 3. The van der Waals surface area contributed by atoms with Gasteiger partial charge in [-0.15, -0.1) is 0 Å². The monoisotopic (exact) mass is 311 g/mol. The van der Waals surface area contributed by atoms with Crippen LogP contribution in [0.1, 0.15) is 11.4 Å². The number of fused-ring (bicyclic) bond motifs is 1. The van der Waals surface area contributed by atoms with Gasteiger partial charge in [-0.25, -0.2) is 4.98 Å². The van der Waals surface area contributed by atoms with Crippen molar-refractivity contribution in [2.24, 2.45) is 0 Å². The lowest BCUT2D eigenvalue weighted by atomic mass is 10.1. The van der Waals surface area contributed by atoms with Gasteiger partial charge in [0.2, 0.25) is 0 Å². The van der Waals surface area contributed by atoms with Crippen molar-refractivity contribution in [2.75, 3.05) is 0 Å². The number of para-hydroxylation sites is 2. The molecule has 0 radical (unpaired) electrons. The highest BCUT2D eigenvalue weighted by molar-refractivity contribution is 5.92. The van der Waals surface area contributed by atoms with Gasteiger partial charge >= 0.3 is 0 Å². The molecule has 0 fully saturated rings. The summed E-state index contributed by atoms with van der Waals surface area (Å²) in [6.07, 6.45) is 3.51. The summed E-state index contributed by atoms with van der Waals surface area (Å²) in [4.78, 5) is 7.68. The number of benzene rings is 2. The van der Waals surface area contributed by atoms with E-state index in [-0.39, 0.29) is 0 Å². The van der Waals surface area contributed by atoms with E-state index in [1.54, 1.807) is 12.3 Å². The molecule has 5 heteroatoms. The molecule has 0 saturated carbocycles. The molecule has 0 aliphatic rings. The van der Waals surface area contributed by atoms with Crippen LogP contribution in [0.25, 0.3) is 33.9 Å². The number of nitriles is 1. The molecule has 114 valence electrons. The second-order valence-corrected chi connectivity index (χ2v) is 5.34. The molecule has 0 atom stereocenters. The number of aromatic amines is 2. The van der Waals surface area contributed by atoms with Gasteiger partial charge in [-0.3, -0.25) is 5.10 Å². The van der Waals surface area contributed by atoms with Crippen molar-refractivity contribution in [2.45, 2.75) is 0 Å². The first kappa shape index (κ1) is 14.0. The van der Waals surface area contributed by atoms with Crippen LogP contribution in [0.2, 0.25) is 0 Å². The van der Waals surface area contributed by atoms with Crippen LogP contribution in [0.4, 0.5) is 0 Å². The van der Waals surface area contributed by atoms with Gasteiger partial charge in [-0.1, -0.05) is 42.5 Å². The summed E-state index contributed by atoms with van der Waals surface area (Å²) in [5.41, 5.74) is 4.94. The van der Waals surface area contributed by atoms with Gasteiger partial charge in [0.05, 0.1) is 28.5 Å². The van der Waals surface area contributed by atoms with E-state index in [0.29, 0.717) is 11.4 Å². The highest BCUT2D eigenvalue weighted by atomic mass is 15.1.